The zero-order chi connectivity index (χ0) is 26.0. The predicted molar refractivity (Wildman–Crippen MR) is 143 cm³/mol. The number of carbonyl (C=O) groups is 2. The Labute approximate surface area is 218 Å². The number of aryl methyl sites for hydroxylation is 1. The Bertz CT molecular complexity index is 1800. The molecule has 0 fully saturated rings. The van der Waals surface area contributed by atoms with Crippen LogP contribution in [0, 0.1) is 6.92 Å². The van der Waals surface area contributed by atoms with Crippen molar-refractivity contribution in [1.29, 1.82) is 0 Å². The standard InChI is InChI=1S/C31H22N2O5/c1-17-7-9-25-22(11-17)28(19-12-20-15-36-24-6-4-3-5-21(24)29(20)32-14-19)31(38-25)30(35)18-8-10-26-23(13-18)33(2)27(34)16-37-26/h3-14H,15-16H2,1-2H3. The van der Waals surface area contributed by atoms with Gasteiger partial charge >= 0.3 is 0 Å². The average molecular weight is 503 g/mol. The minimum absolute atomic E-state index is 0.0244. The normalized spacial score (nSPS) is 13.8. The monoisotopic (exact) mass is 502 g/mol. The van der Waals surface area contributed by atoms with Crippen molar-refractivity contribution < 1.29 is 23.5 Å². The number of fused-ring (bicyclic) bond motifs is 5. The van der Waals surface area contributed by atoms with Crippen molar-refractivity contribution in [2.75, 3.05) is 18.6 Å². The summed E-state index contributed by atoms with van der Waals surface area (Å²) in [5.74, 6) is 1.12. The van der Waals surface area contributed by atoms with Gasteiger partial charge in [-0.1, -0.05) is 23.8 Å². The number of hydrogen-bond acceptors (Lipinski definition) is 6. The lowest BCUT2D eigenvalue weighted by Crippen LogP contribution is -2.35. The minimum Gasteiger partial charge on any atom is -0.488 e. The fraction of sp³-hybridized carbons (Fsp3) is 0.129. The summed E-state index contributed by atoms with van der Waals surface area (Å²) in [6.07, 6.45) is 1.79. The number of hydrogen-bond donors (Lipinski definition) is 0. The minimum atomic E-state index is -0.289. The Hall–Kier alpha value is -4.91. The van der Waals surface area contributed by atoms with Gasteiger partial charge in [-0.25, -0.2) is 0 Å². The molecule has 1 amide bonds. The van der Waals surface area contributed by atoms with Crippen LogP contribution in [0.15, 0.2) is 77.3 Å². The highest BCUT2D eigenvalue weighted by Crippen LogP contribution is 2.41. The molecule has 0 aliphatic carbocycles. The number of ether oxygens (including phenoxy) is 2. The van der Waals surface area contributed by atoms with Gasteiger partial charge in [0.2, 0.25) is 5.78 Å². The molecule has 0 saturated heterocycles. The molecule has 7 nitrogen and oxygen atoms in total. The van der Waals surface area contributed by atoms with Crippen molar-refractivity contribution in [3.05, 3.63) is 95.4 Å². The molecule has 5 aromatic rings. The number of rotatable bonds is 3. The number of benzene rings is 3. The smallest absolute Gasteiger partial charge is 0.264 e. The van der Waals surface area contributed by atoms with Gasteiger partial charge < -0.3 is 18.8 Å². The number of aromatic nitrogens is 1. The number of pyridine rings is 1. The molecule has 2 aliphatic heterocycles. The number of furan rings is 1. The van der Waals surface area contributed by atoms with Gasteiger partial charge in [-0.15, -0.1) is 0 Å². The number of nitrogens with zero attached hydrogens (tertiary/aromatic N) is 2. The van der Waals surface area contributed by atoms with E-state index in [4.69, 9.17) is 18.9 Å². The maximum absolute atomic E-state index is 13.9. The zero-order valence-corrected chi connectivity index (χ0v) is 20.8. The second-order valence-corrected chi connectivity index (χ2v) is 9.58. The Morgan fingerprint density at radius 1 is 0.947 bits per heavy atom. The molecule has 7 heteroatoms. The zero-order valence-electron chi connectivity index (χ0n) is 20.8. The Balaban J connectivity index is 1.39. The third kappa shape index (κ3) is 3.39. The summed E-state index contributed by atoms with van der Waals surface area (Å²) >= 11 is 0. The van der Waals surface area contributed by atoms with E-state index >= 15 is 0 Å². The van der Waals surface area contributed by atoms with Gasteiger partial charge in [0.15, 0.2) is 12.4 Å². The van der Waals surface area contributed by atoms with Gasteiger partial charge in [0, 0.05) is 46.4 Å². The van der Waals surface area contributed by atoms with E-state index in [0.29, 0.717) is 34.8 Å². The fourth-order valence-electron chi connectivity index (χ4n) is 5.15. The highest BCUT2D eigenvalue weighted by atomic mass is 16.5. The van der Waals surface area contributed by atoms with Gasteiger partial charge in [-0.3, -0.25) is 14.6 Å². The van der Waals surface area contributed by atoms with Crippen molar-refractivity contribution in [3.63, 3.8) is 0 Å². The van der Waals surface area contributed by atoms with Gasteiger partial charge in [0.1, 0.15) is 23.7 Å². The number of amides is 1. The second-order valence-electron chi connectivity index (χ2n) is 9.58. The summed E-state index contributed by atoms with van der Waals surface area (Å²) in [4.78, 5) is 32.4. The summed E-state index contributed by atoms with van der Waals surface area (Å²) in [5, 5.41) is 0.834. The molecule has 0 N–H and O–H groups in total. The summed E-state index contributed by atoms with van der Waals surface area (Å²) in [6.45, 7) is 2.36. The van der Waals surface area contributed by atoms with Gasteiger partial charge in [0.05, 0.1) is 11.4 Å². The lowest BCUT2D eigenvalue weighted by atomic mass is 9.95. The van der Waals surface area contributed by atoms with Crippen molar-refractivity contribution in [2.45, 2.75) is 13.5 Å². The molecule has 2 aliphatic rings. The van der Waals surface area contributed by atoms with E-state index in [1.165, 1.54) is 4.90 Å². The van der Waals surface area contributed by atoms with Crippen LogP contribution in [0.3, 0.4) is 0 Å². The van der Waals surface area contributed by atoms with Crippen molar-refractivity contribution in [3.8, 4) is 33.9 Å². The van der Waals surface area contributed by atoms with Crippen LogP contribution in [0.25, 0.3) is 33.4 Å². The van der Waals surface area contributed by atoms with E-state index in [9.17, 15) is 9.59 Å². The number of likely N-dealkylation sites (N-methyl/N-ethyl adjacent to an activating group) is 1. The highest BCUT2D eigenvalue weighted by molar-refractivity contribution is 6.16. The summed E-state index contributed by atoms with van der Waals surface area (Å²) in [7, 11) is 1.67. The molecule has 4 heterocycles. The number of anilines is 1. The Morgan fingerprint density at radius 2 is 1.79 bits per heavy atom. The van der Waals surface area contributed by atoms with Crippen LogP contribution in [0.1, 0.15) is 27.2 Å². The Morgan fingerprint density at radius 3 is 2.68 bits per heavy atom. The van der Waals surface area contributed by atoms with Crippen LogP contribution in [0.4, 0.5) is 5.69 Å². The molecule has 2 aromatic heterocycles. The van der Waals surface area contributed by atoms with Crippen LogP contribution in [0.5, 0.6) is 11.5 Å². The largest absolute Gasteiger partial charge is 0.488 e. The SMILES string of the molecule is Cc1ccc2oc(C(=O)c3ccc4c(c3)N(C)C(=O)CO4)c(-c3cnc4c(c3)COc3ccccc3-4)c2c1. The van der Waals surface area contributed by atoms with Crippen molar-refractivity contribution >= 4 is 28.3 Å². The summed E-state index contributed by atoms with van der Waals surface area (Å²) < 4.78 is 17.7. The molecular formula is C31H22N2O5. The molecule has 0 unspecified atom stereocenters. The molecule has 7 rings (SSSR count). The van der Waals surface area contributed by atoms with Crippen LogP contribution in [-0.2, 0) is 11.4 Å². The van der Waals surface area contributed by atoms with E-state index in [2.05, 4.69) is 0 Å². The molecule has 186 valence electrons. The third-order valence-electron chi connectivity index (χ3n) is 7.14. The van der Waals surface area contributed by atoms with Gasteiger partial charge in [-0.2, -0.15) is 0 Å². The maximum atomic E-state index is 13.9. The molecule has 38 heavy (non-hydrogen) atoms. The number of ketones is 1. The van der Waals surface area contributed by atoms with Crippen molar-refractivity contribution in [1.82, 2.24) is 4.98 Å². The molecular weight excluding hydrogens is 480 g/mol. The molecule has 0 saturated carbocycles. The van der Waals surface area contributed by atoms with E-state index in [0.717, 1.165) is 39.1 Å². The van der Waals surface area contributed by atoms with Gasteiger partial charge in [-0.05, 0) is 55.5 Å². The second kappa shape index (κ2) is 8.31. The summed E-state index contributed by atoms with van der Waals surface area (Å²) in [5.41, 5.74) is 6.81. The van der Waals surface area contributed by atoms with Crippen LogP contribution >= 0.6 is 0 Å². The first kappa shape index (κ1) is 22.3. The first-order chi connectivity index (χ1) is 18.5. The van der Waals surface area contributed by atoms with Crippen LogP contribution < -0.4 is 14.4 Å². The first-order valence-electron chi connectivity index (χ1n) is 12.3. The quantitative estimate of drug-likeness (QED) is 0.284. The predicted octanol–water partition coefficient (Wildman–Crippen LogP) is 5.95. The maximum Gasteiger partial charge on any atom is 0.264 e. The lowest BCUT2D eigenvalue weighted by Gasteiger charge is -2.26. The highest BCUT2D eigenvalue weighted by Gasteiger charge is 2.28. The topological polar surface area (TPSA) is 81.9 Å². The first-order valence-corrected chi connectivity index (χ1v) is 12.3. The van der Waals surface area contributed by atoms with E-state index in [1.54, 1.807) is 31.4 Å². The van der Waals surface area contributed by atoms with Crippen LogP contribution in [0.2, 0.25) is 0 Å². The summed E-state index contributed by atoms with van der Waals surface area (Å²) in [6, 6.07) is 20.8. The number of para-hydroxylation sites is 1. The molecule has 3 aromatic carbocycles. The fourth-order valence-corrected chi connectivity index (χ4v) is 5.15. The molecule has 0 radical (unpaired) electrons. The van der Waals surface area contributed by atoms with Crippen molar-refractivity contribution in [2.24, 2.45) is 0 Å². The van der Waals surface area contributed by atoms with E-state index in [1.807, 2.05) is 55.5 Å². The van der Waals surface area contributed by atoms with Crippen LogP contribution in [-0.4, -0.2) is 30.3 Å². The third-order valence-corrected chi connectivity index (χ3v) is 7.14. The number of carbonyl (C=O) groups excluding carboxylic acids is 2. The lowest BCUT2D eigenvalue weighted by molar-refractivity contribution is -0.120. The average Bonchev–Trinajstić information content (AvgIpc) is 3.32. The molecule has 0 bridgehead atoms. The van der Waals surface area contributed by atoms with E-state index < -0.39 is 0 Å². The Kier molecular flexibility index (Phi) is 4.88. The van der Waals surface area contributed by atoms with E-state index in [-0.39, 0.29) is 24.1 Å². The van der Waals surface area contributed by atoms with Gasteiger partial charge in [0.25, 0.3) is 5.91 Å². The molecule has 0 atom stereocenters. The molecule has 0 spiro atoms.